The van der Waals surface area contributed by atoms with Crippen LogP contribution < -0.4 is 5.32 Å². The molecule has 0 spiro atoms. The molecular weight excluding hydrogens is 289 g/mol. The highest BCUT2D eigenvalue weighted by Gasteiger charge is 2.47. The van der Waals surface area contributed by atoms with E-state index in [2.05, 4.69) is 10.5 Å². The molecule has 2 N–H and O–H groups in total. The molecule has 0 aliphatic heterocycles. The fourth-order valence-electron chi connectivity index (χ4n) is 2.58. The maximum atomic E-state index is 12.7. The van der Waals surface area contributed by atoms with Crippen LogP contribution in [0.5, 0.6) is 0 Å². The molecule has 8 heteroatoms. The van der Waals surface area contributed by atoms with E-state index in [-0.39, 0.29) is 31.6 Å². The molecule has 118 valence electrons. The molecule has 0 aromatic carbocycles. The van der Waals surface area contributed by atoms with E-state index in [0.717, 1.165) is 0 Å². The largest absolute Gasteiger partial charge is 0.391 e. The normalized spacial score (nSPS) is 26.6. The number of rotatable bonds is 3. The summed E-state index contributed by atoms with van der Waals surface area (Å²) in [6.45, 7) is 1.40. The first-order valence-electron chi connectivity index (χ1n) is 6.70. The quantitative estimate of drug-likeness (QED) is 0.897. The highest BCUT2D eigenvalue weighted by Crippen LogP contribution is 2.41. The number of amides is 1. The number of carbonyl (C=O) groups is 1. The van der Waals surface area contributed by atoms with Crippen molar-refractivity contribution in [2.75, 3.05) is 6.54 Å². The predicted molar refractivity (Wildman–Crippen MR) is 66.5 cm³/mol. The number of hydrogen-bond acceptors (Lipinski definition) is 4. The molecule has 2 rings (SSSR count). The Labute approximate surface area is 119 Å². The van der Waals surface area contributed by atoms with Crippen molar-refractivity contribution in [2.45, 2.75) is 44.4 Å². The van der Waals surface area contributed by atoms with Crippen molar-refractivity contribution in [3.8, 4) is 0 Å². The highest BCUT2D eigenvalue weighted by molar-refractivity contribution is 5.91. The zero-order valence-electron chi connectivity index (χ0n) is 11.5. The summed E-state index contributed by atoms with van der Waals surface area (Å²) in [4.78, 5) is 11.7. The van der Waals surface area contributed by atoms with Gasteiger partial charge in [0.15, 0.2) is 0 Å². The van der Waals surface area contributed by atoms with Crippen LogP contribution in [0, 0.1) is 12.8 Å². The van der Waals surface area contributed by atoms with Crippen LogP contribution in [0.3, 0.4) is 0 Å². The number of carbonyl (C=O) groups excluding carboxylic acids is 1. The van der Waals surface area contributed by atoms with E-state index in [0.29, 0.717) is 5.69 Å². The highest BCUT2D eigenvalue weighted by atomic mass is 19.4. The molecule has 1 aliphatic rings. The van der Waals surface area contributed by atoms with Gasteiger partial charge >= 0.3 is 6.18 Å². The van der Waals surface area contributed by atoms with Crippen LogP contribution in [-0.4, -0.2) is 34.5 Å². The van der Waals surface area contributed by atoms with Gasteiger partial charge in [-0.2, -0.15) is 13.2 Å². The van der Waals surface area contributed by atoms with Crippen LogP contribution in [0.15, 0.2) is 10.6 Å². The molecule has 1 saturated carbocycles. The number of nitrogens with zero attached hydrogens (tertiary/aromatic N) is 1. The van der Waals surface area contributed by atoms with Gasteiger partial charge in [0, 0.05) is 12.6 Å². The summed E-state index contributed by atoms with van der Waals surface area (Å²) in [7, 11) is 0. The molecule has 1 aromatic heterocycles. The minimum Gasteiger partial charge on any atom is -0.388 e. The molecule has 5 nitrogen and oxygen atoms in total. The molecule has 2 atom stereocenters. The maximum absolute atomic E-state index is 12.7. The van der Waals surface area contributed by atoms with Gasteiger partial charge in [-0.05, 0) is 32.6 Å². The van der Waals surface area contributed by atoms with E-state index in [1.54, 1.807) is 6.92 Å². The van der Waals surface area contributed by atoms with Gasteiger partial charge < -0.3 is 14.9 Å². The fraction of sp³-hybridized carbons (Fsp3) is 0.692. The van der Waals surface area contributed by atoms with Crippen LogP contribution in [0.25, 0.3) is 0 Å². The van der Waals surface area contributed by atoms with Gasteiger partial charge in [0.25, 0.3) is 5.91 Å². The maximum Gasteiger partial charge on any atom is 0.391 e. The van der Waals surface area contributed by atoms with Gasteiger partial charge in [0.05, 0.1) is 17.2 Å². The first-order valence-corrected chi connectivity index (χ1v) is 6.70. The van der Waals surface area contributed by atoms with Crippen molar-refractivity contribution in [3.63, 3.8) is 0 Å². The Balaban J connectivity index is 1.93. The smallest absolute Gasteiger partial charge is 0.388 e. The number of alkyl halides is 3. The molecular formula is C13H17F3N2O3. The standard InChI is InChI=1S/C13H17F3N2O3/c1-8-5-10(21-18-8)11(19)17-7-12(20)4-2-3-9(6-12)13(14,15)16/h5,9,20H,2-4,6-7H2,1H3,(H,17,19)/t9-,12+/m0/s1. The zero-order valence-corrected chi connectivity index (χ0v) is 11.5. The molecule has 1 aliphatic carbocycles. The summed E-state index contributed by atoms with van der Waals surface area (Å²) >= 11 is 0. The Morgan fingerprint density at radius 1 is 1.62 bits per heavy atom. The fourth-order valence-corrected chi connectivity index (χ4v) is 2.58. The van der Waals surface area contributed by atoms with E-state index >= 15 is 0 Å². The van der Waals surface area contributed by atoms with Gasteiger partial charge in [-0.25, -0.2) is 0 Å². The van der Waals surface area contributed by atoms with Crippen molar-refractivity contribution in [1.82, 2.24) is 10.5 Å². The van der Waals surface area contributed by atoms with Gasteiger partial charge in [-0.15, -0.1) is 0 Å². The number of aromatic nitrogens is 1. The molecule has 0 saturated heterocycles. The van der Waals surface area contributed by atoms with Gasteiger partial charge in [0.1, 0.15) is 0 Å². The second-order valence-corrected chi connectivity index (χ2v) is 5.57. The minimum atomic E-state index is -4.32. The summed E-state index contributed by atoms with van der Waals surface area (Å²) < 4.78 is 42.9. The second-order valence-electron chi connectivity index (χ2n) is 5.57. The lowest BCUT2D eigenvalue weighted by Crippen LogP contribution is -2.48. The van der Waals surface area contributed by atoms with Crippen LogP contribution in [0.2, 0.25) is 0 Å². The lowest BCUT2D eigenvalue weighted by molar-refractivity contribution is -0.199. The third-order valence-electron chi connectivity index (χ3n) is 3.71. The predicted octanol–water partition coefficient (Wildman–Crippen LogP) is 2.20. The summed E-state index contributed by atoms with van der Waals surface area (Å²) in [5, 5.41) is 16.2. The van der Waals surface area contributed by atoms with E-state index in [4.69, 9.17) is 4.52 Å². The van der Waals surface area contributed by atoms with Crippen LogP contribution in [-0.2, 0) is 0 Å². The topological polar surface area (TPSA) is 75.4 Å². The molecule has 0 unspecified atom stereocenters. The molecule has 0 radical (unpaired) electrons. The monoisotopic (exact) mass is 306 g/mol. The number of aliphatic hydroxyl groups is 1. The second kappa shape index (κ2) is 5.67. The lowest BCUT2D eigenvalue weighted by Gasteiger charge is -2.37. The van der Waals surface area contributed by atoms with E-state index in [1.165, 1.54) is 6.07 Å². The third-order valence-corrected chi connectivity index (χ3v) is 3.71. The van der Waals surface area contributed by atoms with Crippen molar-refractivity contribution in [2.24, 2.45) is 5.92 Å². The Bertz CT molecular complexity index is 515. The number of aryl methyl sites for hydroxylation is 1. The Morgan fingerprint density at radius 2 is 2.33 bits per heavy atom. The third kappa shape index (κ3) is 3.96. The molecule has 0 bridgehead atoms. The van der Waals surface area contributed by atoms with Crippen LogP contribution >= 0.6 is 0 Å². The Morgan fingerprint density at radius 3 is 2.90 bits per heavy atom. The Hall–Kier alpha value is -1.57. The Kier molecular flexibility index (Phi) is 4.27. The van der Waals surface area contributed by atoms with Crippen LogP contribution in [0.1, 0.15) is 41.9 Å². The molecule has 1 heterocycles. The van der Waals surface area contributed by atoms with Crippen molar-refractivity contribution >= 4 is 5.91 Å². The SMILES string of the molecule is Cc1cc(C(=O)NC[C@@]2(O)CCC[C@H](C(F)(F)F)C2)on1. The average Bonchev–Trinajstić information content (AvgIpc) is 2.82. The zero-order chi connectivity index (χ0) is 15.7. The lowest BCUT2D eigenvalue weighted by atomic mass is 9.77. The number of halogens is 3. The summed E-state index contributed by atoms with van der Waals surface area (Å²) in [6, 6.07) is 1.42. The van der Waals surface area contributed by atoms with Gasteiger partial charge in [-0.3, -0.25) is 4.79 Å². The first kappa shape index (κ1) is 15.8. The molecule has 21 heavy (non-hydrogen) atoms. The number of hydrogen-bond donors (Lipinski definition) is 2. The van der Waals surface area contributed by atoms with Crippen molar-refractivity contribution < 1.29 is 27.6 Å². The van der Waals surface area contributed by atoms with Gasteiger partial charge in [0.2, 0.25) is 5.76 Å². The minimum absolute atomic E-state index is 0.0149. The van der Waals surface area contributed by atoms with Crippen molar-refractivity contribution in [1.29, 1.82) is 0 Å². The molecule has 1 amide bonds. The van der Waals surface area contributed by atoms with E-state index < -0.39 is 30.0 Å². The van der Waals surface area contributed by atoms with Crippen LogP contribution in [0.4, 0.5) is 13.2 Å². The summed E-state index contributed by atoms with van der Waals surface area (Å²) in [6.07, 6.45) is -4.19. The average molecular weight is 306 g/mol. The van der Waals surface area contributed by atoms with E-state index in [9.17, 15) is 23.1 Å². The van der Waals surface area contributed by atoms with Crippen molar-refractivity contribution in [3.05, 3.63) is 17.5 Å². The van der Waals surface area contributed by atoms with E-state index in [1.807, 2.05) is 0 Å². The number of nitrogens with one attached hydrogen (secondary N) is 1. The summed E-state index contributed by atoms with van der Waals surface area (Å²) in [5.41, 5.74) is -1.02. The van der Waals surface area contributed by atoms with Gasteiger partial charge in [-0.1, -0.05) is 5.16 Å². The molecule has 1 aromatic rings. The first-order chi connectivity index (χ1) is 9.70. The summed E-state index contributed by atoms with van der Waals surface area (Å²) in [5.74, 6) is -2.15. The molecule has 1 fully saturated rings.